The topological polar surface area (TPSA) is 83.8 Å². The highest BCUT2D eigenvalue weighted by molar-refractivity contribution is 6.04. The maximum absolute atomic E-state index is 12.3. The fraction of sp³-hybridized carbons (Fsp3) is 0.263. The van der Waals surface area contributed by atoms with E-state index in [-0.39, 0.29) is 5.91 Å². The minimum Gasteiger partial charge on any atom is -0.342 e. The Bertz CT molecular complexity index is 836. The second-order valence-corrected chi connectivity index (χ2v) is 5.87. The normalized spacial score (nSPS) is 10.9. The van der Waals surface area contributed by atoms with Gasteiger partial charge in [-0.05, 0) is 42.3 Å². The van der Waals surface area contributed by atoms with Crippen molar-refractivity contribution in [1.82, 2.24) is 9.97 Å². The summed E-state index contributed by atoms with van der Waals surface area (Å²) in [7, 11) is 0. The first-order valence-corrected chi connectivity index (χ1v) is 8.28. The van der Waals surface area contributed by atoms with Gasteiger partial charge in [-0.3, -0.25) is 4.79 Å². The molecule has 3 rings (SSSR count). The van der Waals surface area contributed by atoms with E-state index >= 15 is 0 Å². The van der Waals surface area contributed by atoms with Crippen molar-refractivity contribution in [1.29, 1.82) is 0 Å². The van der Waals surface area contributed by atoms with E-state index in [0.29, 0.717) is 12.1 Å². The van der Waals surface area contributed by atoms with Crippen molar-refractivity contribution < 1.29 is 4.79 Å². The minimum absolute atomic E-state index is 0.136. The Morgan fingerprint density at radius 3 is 2.71 bits per heavy atom. The Morgan fingerprint density at radius 1 is 1.21 bits per heavy atom. The number of aryl methyl sites for hydroxylation is 1. The summed E-state index contributed by atoms with van der Waals surface area (Å²) in [5.74, 6) is 0.858. The largest absolute Gasteiger partial charge is 0.342 e. The average Bonchev–Trinajstić information content (AvgIpc) is 3.02. The van der Waals surface area contributed by atoms with Crippen molar-refractivity contribution in [2.45, 2.75) is 32.7 Å². The summed E-state index contributed by atoms with van der Waals surface area (Å²) >= 11 is 0. The summed E-state index contributed by atoms with van der Waals surface area (Å²) in [6.07, 6.45) is 3.20. The van der Waals surface area contributed by atoms with Crippen molar-refractivity contribution >= 4 is 22.6 Å². The predicted molar refractivity (Wildman–Crippen MR) is 97.0 cm³/mol. The van der Waals surface area contributed by atoms with Crippen LogP contribution in [0.15, 0.2) is 42.5 Å². The van der Waals surface area contributed by atoms with E-state index < -0.39 is 0 Å². The van der Waals surface area contributed by atoms with Crippen molar-refractivity contribution in [2.75, 3.05) is 5.32 Å². The van der Waals surface area contributed by atoms with Crippen molar-refractivity contribution in [3.8, 4) is 0 Å². The van der Waals surface area contributed by atoms with Crippen LogP contribution in [0.3, 0.4) is 0 Å². The summed E-state index contributed by atoms with van der Waals surface area (Å²) in [5, 5.41) is 2.92. The second-order valence-electron chi connectivity index (χ2n) is 5.87. The molecule has 1 amide bonds. The quantitative estimate of drug-likeness (QED) is 0.648. The summed E-state index contributed by atoms with van der Waals surface area (Å²) in [5.41, 5.74) is 9.81. The van der Waals surface area contributed by atoms with Crippen LogP contribution in [0.1, 0.15) is 41.5 Å². The lowest BCUT2D eigenvalue weighted by Crippen LogP contribution is -2.12. The number of nitrogens with zero attached hydrogens (tertiary/aromatic N) is 1. The first-order valence-electron chi connectivity index (χ1n) is 8.28. The zero-order valence-corrected chi connectivity index (χ0v) is 13.8. The predicted octanol–water partition coefficient (Wildman–Crippen LogP) is 3.62. The van der Waals surface area contributed by atoms with Crippen LogP contribution in [0.5, 0.6) is 0 Å². The number of unbranched alkanes of at least 4 members (excludes halogenated alkanes) is 1. The van der Waals surface area contributed by atoms with Crippen LogP contribution in [0, 0.1) is 0 Å². The number of benzene rings is 2. The number of imidazole rings is 1. The number of H-pyrrole nitrogens is 1. The van der Waals surface area contributed by atoms with Gasteiger partial charge >= 0.3 is 0 Å². The van der Waals surface area contributed by atoms with E-state index in [2.05, 4.69) is 22.2 Å². The number of hydrogen-bond acceptors (Lipinski definition) is 3. The third-order valence-electron chi connectivity index (χ3n) is 4.01. The molecular weight excluding hydrogens is 300 g/mol. The van der Waals surface area contributed by atoms with Gasteiger partial charge in [-0.15, -0.1) is 0 Å². The Kier molecular flexibility index (Phi) is 4.91. The zero-order valence-electron chi connectivity index (χ0n) is 13.8. The Balaban J connectivity index is 1.75. The molecule has 0 fully saturated rings. The minimum atomic E-state index is -0.136. The standard InChI is InChI=1S/C19H22N4O/c1-2-3-4-18-22-16-10-9-15(11-17(16)23-18)21-19(24)14-7-5-13(12-20)6-8-14/h5-11H,2-4,12,20H2,1H3,(H,21,24)(H,22,23). The van der Waals surface area contributed by atoms with Gasteiger partial charge in [-0.1, -0.05) is 25.5 Å². The van der Waals surface area contributed by atoms with Crippen molar-refractivity contribution in [2.24, 2.45) is 5.73 Å². The van der Waals surface area contributed by atoms with Crippen LogP contribution in [0.25, 0.3) is 11.0 Å². The maximum atomic E-state index is 12.3. The molecule has 24 heavy (non-hydrogen) atoms. The number of nitrogens with one attached hydrogen (secondary N) is 2. The molecule has 0 atom stereocenters. The first-order chi connectivity index (χ1) is 11.7. The van der Waals surface area contributed by atoms with Crippen molar-refractivity contribution in [3.05, 3.63) is 59.4 Å². The smallest absolute Gasteiger partial charge is 0.255 e. The molecule has 4 N–H and O–H groups in total. The van der Waals surface area contributed by atoms with E-state index in [1.54, 1.807) is 12.1 Å². The summed E-state index contributed by atoms with van der Waals surface area (Å²) < 4.78 is 0. The van der Waals surface area contributed by atoms with Gasteiger partial charge in [0.25, 0.3) is 5.91 Å². The monoisotopic (exact) mass is 322 g/mol. The van der Waals surface area contributed by atoms with Crippen molar-refractivity contribution in [3.63, 3.8) is 0 Å². The fourth-order valence-corrected chi connectivity index (χ4v) is 2.60. The molecule has 0 aliphatic carbocycles. The Hall–Kier alpha value is -2.66. The second kappa shape index (κ2) is 7.27. The third kappa shape index (κ3) is 3.63. The molecule has 3 aromatic rings. The lowest BCUT2D eigenvalue weighted by atomic mass is 10.1. The van der Waals surface area contributed by atoms with E-state index in [1.807, 2.05) is 30.3 Å². The van der Waals surface area contributed by atoms with Crippen LogP contribution in [0.2, 0.25) is 0 Å². The molecule has 0 saturated heterocycles. The van der Waals surface area contributed by atoms with Gasteiger partial charge in [0, 0.05) is 24.2 Å². The van der Waals surface area contributed by atoms with Gasteiger partial charge in [0.05, 0.1) is 11.0 Å². The molecular formula is C19H22N4O. The summed E-state index contributed by atoms with van der Waals surface area (Å²) in [4.78, 5) is 20.2. The van der Waals surface area contributed by atoms with Crippen LogP contribution in [0.4, 0.5) is 5.69 Å². The van der Waals surface area contributed by atoms with Crippen LogP contribution < -0.4 is 11.1 Å². The van der Waals surface area contributed by atoms with Gasteiger partial charge in [0.1, 0.15) is 5.82 Å². The van der Waals surface area contributed by atoms with E-state index in [4.69, 9.17) is 5.73 Å². The lowest BCUT2D eigenvalue weighted by Gasteiger charge is -2.06. The van der Waals surface area contributed by atoms with Gasteiger partial charge in [-0.25, -0.2) is 4.98 Å². The number of amides is 1. The number of rotatable bonds is 6. The number of fused-ring (bicyclic) bond motifs is 1. The number of aromatic amines is 1. The number of carbonyl (C=O) groups is 1. The number of nitrogens with two attached hydrogens (primary N) is 1. The zero-order chi connectivity index (χ0) is 16.9. The van der Waals surface area contributed by atoms with E-state index in [1.165, 1.54) is 0 Å². The molecule has 5 heteroatoms. The molecule has 124 valence electrons. The van der Waals surface area contributed by atoms with E-state index in [9.17, 15) is 4.79 Å². The highest BCUT2D eigenvalue weighted by Crippen LogP contribution is 2.19. The van der Waals surface area contributed by atoms with Crippen LogP contribution >= 0.6 is 0 Å². The lowest BCUT2D eigenvalue weighted by molar-refractivity contribution is 0.102. The SMILES string of the molecule is CCCCc1nc2ccc(NC(=O)c3ccc(CN)cc3)cc2[nH]1. The van der Waals surface area contributed by atoms with E-state index in [0.717, 1.165) is 47.4 Å². The summed E-state index contributed by atoms with van der Waals surface area (Å²) in [6.45, 7) is 2.63. The highest BCUT2D eigenvalue weighted by atomic mass is 16.1. The molecule has 0 radical (unpaired) electrons. The van der Waals surface area contributed by atoms with Gasteiger partial charge in [0.2, 0.25) is 0 Å². The molecule has 0 aliphatic heterocycles. The Morgan fingerprint density at radius 2 is 2.00 bits per heavy atom. The molecule has 1 heterocycles. The maximum Gasteiger partial charge on any atom is 0.255 e. The molecule has 0 aliphatic rings. The first kappa shape index (κ1) is 16.2. The fourth-order valence-electron chi connectivity index (χ4n) is 2.60. The molecule has 0 saturated carbocycles. The molecule has 1 aromatic heterocycles. The molecule has 0 bridgehead atoms. The summed E-state index contributed by atoms with van der Waals surface area (Å²) in [6, 6.07) is 13.0. The van der Waals surface area contributed by atoms with Crippen LogP contribution in [-0.2, 0) is 13.0 Å². The van der Waals surface area contributed by atoms with Gasteiger partial charge in [0.15, 0.2) is 0 Å². The Labute approximate surface area is 141 Å². The molecule has 5 nitrogen and oxygen atoms in total. The number of hydrogen-bond donors (Lipinski definition) is 3. The average molecular weight is 322 g/mol. The van der Waals surface area contributed by atoms with Gasteiger partial charge < -0.3 is 16.0 Å². The number of aromatic nitrogens is 2. The van der Waals surface area contributed by atoms with Crippen LogP contribution in [-0.4, -0.2) is 15.9 Å². The van der Waals surface area contributed by atoms with Gasteiger partial charge in [-0.2, -0.15) is 0 Å². The molecule has 0 unspecified atom stereocenters. The number of carbonyl (C=O) groups excluding carboxylic acids is 1. The molecule has 2 aromatic carbocycles. The molecule has 0 spiro atoms. The number of anilines is 1. The third-order valence-corrected chi connectivity index (χ3v) is 4.01. The highest BCUT2D eigenvalue weighted by Gasteiger charge is 2.08.